The van der Waals surface area contributed by atoms with Crippen molar-refractivity contribution in [2.75, 3.05) is 0 Å². The first-order valence-electron chi connectivity index (χ1n) is 8.84. The molecule has 0 aliphatic rings. The molecule has 2 aromatic carbocycles. The summed E-state index contributed by atoms with van der Waals surface area (Å²) >= 11 is 1.57. The van der Waals surface area contributed by atoms with E-state index in [1.165, 1.54) is 0 Å². The molecule has 132 valence electrons. The van der Waals surface area contributed by atoms with Crippen LogP contribution in [0.2, 0.25) is 0 Å². The van der Waals surface area contributed by atoms with E-state index in [2.05, 4.69) is 29.8 Å². The summed E-state index contributed by atoms with van der Waals surface area (Å²) in [7, 11) is 0. The lowest BCUT2D eigenvalue weighted by Crippen LogP contribution is -2.22. The van der Waals surface area contributed by atoms with Crippen molar-refractivity contribution in [2.24, 2.45) is 0 Å². The van der Waals surface area contributed by atoms with Crippen LogP contribution in [-0.4, -0.2) is 9.55 Å². The summed E-state index contributed by atoms with van der Waals surface area (Å²) in [4.78, 5) is 17.8. The number of para-hydroxylation sites is 1. The number of hydrogen-bond donors (Lipinski definition) is 0. The smallest absolute Gasteiger partial charge is 0.264 e. The summed E-state index contributed by atoms with van der Waals surface area (Å²) < 4.78 is 1.79. The van der Waals surface area contributed by atoms with Crippen molar-refractivity contribution in [3.63, 3.8) is 0 Å². The average Bonchev–Trinajstić information content (AvgIpc) is 3.11. The molecule has 3 nitrogen and oxygen atoms in total. The molecule has 0 aliphatic heterocycles. The van der Waals surface area contributed by atoms with Crippen LogP contribution >= 0.6 is 11.3 Å². The third-order valence-electron chi connectivity index (χ3n) is 4.44. The van der Waals surface area contributed by atoms with Crippen LogP contribution in [0, 0.1) is 18.8 Å². The highest BCUT2D eigenvalue weighted by molar-refractivity contribution is 7.09. The molecule has 4 rings (SSSR count). The van der Waals surface area contributed by atoms with Crippen molar-refractivity contribution in [3.05, 3.63) is 92.3 Å². The van der Waals surface area contributed by atoms with Crippen LogP contribution in [-0.2, 0) is 6.42 Å². The topological polar surface area (TPSA) is 34.9 Å². The van der Waals surface area contributed by atoms with Gasteiger partial charge in [0.1, 0.15) is 5.69 Å². The summed E-state index contributed by atoms with van der Waals surface area (Å²) in [5.41, 5.74) is 3.30. The second kappa shape index (κ2) is 7.22. The van der Waals surface area contributed by atoms with Gasteiger partial charge < -0.3 is 0 Å². The zero-order chi connectivity index (χ0) is 18.8. The number of aryl methyl sites for hydroxylation is 2. The number of rotatable bonds is 2. The number of benzene rings is 2. The van der Waals surface area contributed by atoms with Gasteiger partial charge in [0, 0.05) is 22.3 Å². The van der Waals surface area contributed by atoms with Crippen molar-refractivity contribution in [3.8, 4) is 17.5 Å². The zero-order valence-corrected chi connectivity index (χ0v) is 16.0. The van der Waals surface area contributed by atoms with Crippen LogP contribution in [0.15, 0.2) is 64.8 Å². The van der Waals surface area contributed by atoms with Crippen LogP contribution in [0.25, 0.3) is 16.5 Å². The minimum absolute atomic E-state index is 0.0325. The minimum Gasteiger partial charge on any atom is -0.281 e. The molecule has 4 aromatic rings. The van der Waals surface area contributed by atoms with E-state index in [1.807, 2.05) is 60.8 Å². The highest BCUT2D eigenvalue weighted by Gasteiger charge is 2.12. The Kier molecular flexibility index (Phi) is 4.62. The van der Waals surface area contributed by atoms with E-state index in [0.29, 0.717) is 5.39 Å². The van der Waals surface area contributed by atoms with Crippen molar-refractivity contribution in [1.82, 2.24) is 9.55 Å². The number of fused-ring (bicyclic) bond motifs is 1. The molecule has 2 heterocycles. The predicted molar refractivity (Wildman–Crippen MR) is 112 cm³/mol. The molecule has 2 aromatic heterocycles. The molecule has 0 atom stereocenters. The molecular weight excluding hydrogens is 352 g/mol. The van der Waals surface area contributed by atoms with E-state index in [-0.39, 0.29) is 5.56 Å². The number of nitrogens with zero attached hydrogens (tertiary/aromatic N) is 2. The summed E-state index contributed by atoms with van der Waals surface area (Å²) in [6.07, 6.45) is 0.772. The first-order chi connectivity index (χ1) is 13.2. The lowest BCUT2D eigenvalue weighted by atomic mass is 10.0. The molecule has 27 heavy (non-hydrogen) atoms. The van der Waals surface area contributed by atoms with Gasteiger partial charge in [-0.2, -0.15) is 0 Å². The van der Waals surface area contributed by atoms with Gasteiger partial charge in [-0.15, -0.1) is 11.3 Å². The molecule has 0 amide bonds. The van der Waals surface area contributed by atoms with Gasteiger partial charge in [-0.3, -0.25) is 9.36 Å². The maximum absolute atomic E-state index is 13.4. The standard InChI is InChI=1S/C23H18N2OS/c1-3-20-14-18-9-7-8-17(12-13-19-15-27-16(2)24-19)22(18)23(26)25(20)21-10-5-4-6-11-21/h4-11,14-15H,3H2,1-2H3. The Hall–Kier alpha value is -3.16. The van der Waals surface area contributed by atoms with Gasteiger partial charge in [0.2, 0.25) is 0 Å². The van der Waals surface area contributed by atoms with E-state index in [1.54, 1.807) is 15.9 Å². The van der Waals surface area contributed by atoms with Crippen LogP contribution < -0.4 is 5.56 Å². The Morgan fingerprint density at radius 1 is 1.07 bits per heavy atom. The number of thiazole rings is 1. The summed E-state index contributed by atoms with van der Waals surface area (Å²) in [5.74, 6) is 6.25. The number of hydrogen-bond acceptors (Lipinski definition) is 3. The molecule has 0 aliphatic carbocycles. The van der Waals surface area contributed by atoms with E-state index in [0.717, 1.165) is 39.5 Å². The first kappa shape index (κ1) is 17.3. The average molecular weight is 370 g/mol. The van der Waals surface area contributed by atoms with Gasteiger partial charge in [0.25, 0.3) is 5.56 Å². The van der Waals surface area contributed by atoms with E-state index >= 15 is 0 Å². The fourth-order valence-corrected chi connectivity index (χ4v) is 3.74. The lowest BCUT2D eigenvalue weighted by Gasteiger charge is -2.14. The molecule has 0 fully saturated rings. The summed E-state index contributed by atoms with van der Waals surface area (Å²) in [5, 5.41) is 4.49. The summed E-state index contributed by atoms with van der Waals surface area (Å²) in [6.45, 7) is 4.02. The molecule has 0 unspecified atom stereocenters. The maximum atomic E-state index is 13.4. The lowest BCUT2D eigenvalue weighted by molar-refractivity contribution is 0.889. The molecule has 0 radical (unpaired) electrons. The Balaban J connectivity index is 1.98. The SMILES string of the molecule is CCc1cc2cccc(C#Cc3csc(C)n3)c2c(=O)n1-c1ccccc1. The molecule has 0 N–H and O–H groups in total. The maximum Gasteiger partial charge on any atom is 0.264 e. The quantitative estimate of drug-likeness (QED) is 0.479. The zero-order valence-electron chi connectivity index (χ0n) is 15.2. The van der Waals surface area contributed by atoms with E-state index in [9.17, 15) is 4.79 Å². The van der Waals surface area contributed by atoms with Crippen molar-refractivity contribution >= 4 is 22.1 Å². The predicted octanol–water partition coefficient (Wildman–Crippen LogP) is 4.72. The molecule has 0 spiro atoms. The normalized spacial score (nSPS) is 10.6. The molecule has 0 bridgehead atoms. The highest BCUT2D eigenvalue weighted by atomic mass is 32.1. The van der Waals surface area contributed by atoms with E-state index < -0.39 is 0 Å². The van der Waals surface area contributed by atoms with Crippen LogP contribution in [0.5, 0.6) is 0 Å². The number of pyridine rings is 1. The van der Waals surface area contributed by atoms with Gasteiger partial charge in [0.15, 0.2) is 0 Å². The molecule has 4 heteroatoms. The Morgan fingerprint density at radius 3 is 2.59 bits per heavy atom. The van der Waals surface area contributed by atoms with Gasteiger partial charge in [-0.05, 0) is 48.9 Å². The van der Waals surface area contributed by atoms with Crippen molar-refractivity contribution in [1.29, 1.82) is 0 Å². The highest BCUT2D eigenvalue weighted by Crippen LogP contribution is 2.19. The minimum atomic E-state index is -0.0325. The third-order valence-corrected chi connectivity index (χ3v) is 5.22. The monoisotopic (exact) mass is 370 g/mol. The molecule has 0 saturated heterocycles. The molecular formula is C23H18N2OS. The summed E-state index contributed by atoms with van der Waals surface area (Å²) in [6, 6.07) is 17.7. The van der Waals surface area contributed by atoms with Crippen LogP contribution in [0.3, 0.4) is 0 Å². The van der Waals surface area contributed by atoms with Gasteiger partial charge >= 0.3 is 0 Å². The fourth-order valence-electron chi connectivity index (χ4n) is 3.19. The van der Waals surface area contributed by atoms with Gasteiger partial charge in [-0.1, -0.05) is 43.2 Å². The van der Waals surface area contributed by atoms with Crippen molar-refractivity contribution in [2.45, 2.75) is 20.3 Å². The number of aromatic nitrogens is 2. The fraction of sp³-hybridized carbons (Fsp3) is 0.130. The Morgan fingerprint density at radius 2 is 1.89 bits per heavy atom. The van der Waals surface area contributed by atoms with Gasteiger partial charge in [0.05, 0.1) is 10.4 Å². The Labute approximate surface area is 162 Å². The van der Waals surface area contributed by atoms with Crippen LogP contribution in [0.1, 0.15) is 28.9 Å². The van der Waals surface area contributed by atoms with Crippen molar-refractivity contribution < 1.29 is 0 Å². The van der Waals surface area contributed by atoms with Crippen LogP contribution in [0.4, 0.5) is 0 Å². The largest absolute Gasteiger partial charge is 0.281 e. The second-order valence-corrected chi connectivity index (χ2v) is 7.30. The van der Waals surface area contributed by atoms with E-state index in [4.69, 9.17) is 0 Å². The first-order valence-corrected chi connectivity index (χ1v) is 9.72. The van der Waals surface area contributed by atoms with Gasteiger partial charge in [-0.25, -0.2) is 4.98 Å². The second-order valence-electron chi connectivity index (χ2n) is 6.24. The third kappa shape index (κ3) is 3.30. The Bertz CT molecular complexity index is 1240. The molecule has 0 saturated carbocycles.